The summed E-state index contributed by atoms with van der Waals surface area (Å²) in [5.41, 5.74) is 0.765. The van der Waals surface area contributed by atoms with Gasteiger partial charge in [-0.1, -0.05) is 30.3 Å². The zero-order valence-corrected chi connectivity index (χ0v) is 11.7. The third kappa shape index (κ3) is 4.59. The van der Waals surface area contributed by atoms with Crippen LogP contribution in [-0.2, 0) is 4.74 Å². The smallest absolute Gasteiger partial charge is 0.179 e. The molecule has 1 aromatic rings. The number of Topliss-reactive ketones (excluding diaryl/α,β-unsaturated/α-hetero) is 1. The first kappa shape index (κ1) is 14.9. The number of hydrogen-bond donors (Lipinski definition) is 0. The highest BCUT2D eigenvalue weighted by Gasteiger charge is 2.18. The zero-order valence-electron chi connectivity index (χ0n) is 11.7. The van der Waals surface area contributed by atoms with Gasteiger partial charge in [0.25, 0.3) is 0 Å². The van der Waals surface area contributed by atoms with Crippen molar-refractivity contribution in [3.8, 4) is 0 Å². The summed E-state index contributed by atoms with van der Waals surface area (Å²) in [6.45, 7) is 7.38. The number of likely N-dealkylation sites (N-methyl/N-ethyl adjacent to an activating group) is 1. The molecule has 1 rings (SSSR count). The number of ketones is 1. The summed E-state index contributed by atoms with van der Waals surface area (Å²) in [5, 5.41) is 0. The summed E-state index contributed by atoms with van der Waals surface area (Å²) >= 11 is 0. The lowest BCUT2D eigenvalue weighted by molar-refractivity contribution is 0.0542. The third-order valence-corrected chi connectivity index (χ3v) is 2.99. The van der Waals surface area contributed by atoms with E-state index in [0.29, 0.717) is 6.61 Å². The Hall–Kier alpha value is -1.19. The Morgan fingerprint density at radius 3 is 2.39 bits per heavy atom. The fourth-order valence-corrected chi connectivity index (χ4v) is 1.67. The van der Waals surface area contributed by atoms with E-state index in [9.17, 15) is 4.79 Å². The highest BCUT2D eigenvalue weighted by molar-refractivity contribution is 5.99. The first-order chi connectivity index (χ1) is 8.52. The van der Waals surface area contributed by atoms with Crippen molar-refractivity contribution in [2.75, 3.05) is 20.2 Å². The number of carbonyl (C=O) groups is 1. The fourth-order valence-electron chi connectivity index (χ4n) is 1.67. The molecular weight excluding hydrogens is 226 g/mol. The molecule has 3 heteroatoms. The first-order valence-corrected chi connectivity index (χ1v) is 6.43. The molecule has 0 saturated carbocycles. The van der Waals surface area contributed by atoms with Gasteiger partial charge < -0.3 is 4.74 Å². The van der Waals surface area contributed by atoms with Gasteiger partial charge in [-0.2, -0.15) is 0 Å². The van der Waals surface area contributed by atoms with Gasteiger partial charge >= 0.3 is 0 Å². The maximum absolute atomic E-state index is 12.2. The number of carbonyl (C=O) groups excluding carboxylic acids is 1. The molecular formula is C15H23NO2. The van der Waals surface area contributed by atoms with Crippen LogP contribution in [0, 0.1) is 0 Å². The molecule has 0 N–H and O–H groups in total. The average molecular weight is 249 g/mol. The molecule has 1 aromatic carbocycles. The molecule has 0 aliphatic heterocycles. The van der Waals surface area contributed by atoms with E-state index in [4.69, 9.17) is 4.74 Å². The summed E-state index contributed by atoms with van der Waals surface area (Å²) in [7, 11) is 1.95. The lowest BCUT2D eigenvalue weighted by Gasteiger charge is -2.24. The van der Waals surface area contributed by atoms with Crippen LogP contribution in [0.2, 0.25) is 0 Å². The van der Waals surface area contributed by atoms with E-state index in [1.54, 1.807) is 0 Å². The number of nitrogens with zero attached hydrogens (tertiary/aromatic N) is 1. The lowest BCUT2D eigenvalue weighted by atomic mass is 10.0. The van der Waals surface area contributed by atoms with Crippen LogP contribution in [0.25, 0.3) is 0 Å². The van der Waals surface area contributed by atoms with Gasteiger partial charge in [0.15, 0.2) is 5.78 Å². The topological polar surface area (TPSA) is 29.5 Å². The normalized spacial score (nSPS) is 13.0. The van der Waals surface area contributed by atoms with Gasteiger partial charge in [0.2, 0.25) is 0 Å². The van der Waals surface area contributed by atoms with E-state index in [1.165, 1.54) is 0 Å². The molecule has 0 amide bonds. The Labute approximate surface area is 110 Å². The Morgan fingerprint density at radius 1 is 1.22 bits per heavy atom. The van der Waals surface area contributed by atoms with Crippen LogP contribution in [0.5, 0.6) is 0 Å². The number of benzene rings is 1. The van der Waals surface area contributed by atoms with Crippen LogP contribution in [0.15, 0.2) is 30.3 Å². The molecule has 0 aliphatic carbocycles. The van der Waals surface area contributed by atoms with Crippen molar-refractivity contribution in [2.45, 2.75) is 32.9 Å². The third-order valence-electron chi connectivity index (χ3n) is 2.99. The summed E-state index contributed by atoms with van der Waals surface area (Å²) in [5.74, 6) is 0.155. The highest BCUT2D eigenvalue weighted by Crippen LogP contribution is 2.07. The molecule has 0 heterocycles. The molecule has 0 bridgehead atoms. The molecule has 100 valence electrons. The summed E-state index contributed by atoms with van der Waals surface area (Å²) < 4.78 is 5.50. The number of rotatable bonds is 7. The average Bonchev–Trinajstić information content (AvgIpc) is 2.37. The van der Waals surface area contributed by atoms with Crippen LogP contribution < -0.4 is 0 Å². The molecule has 18 heavy (non-hydrogen) atoms. The van der Waals surface area contributed by atoms with E-state index in [2.05, 4.69) is 0 Å². The predicted octanol–water partition coefficient (Wildman–Crippen LogP) is 2.61. The fraction of sp³-hybridized carbons (Fsp3) is 0.533. The van der Waals surface area contributed by atoms with E-state index in [-0.39, 0.29) is 17.9 Å². The van der Waals surface area contributed by atoms with Gasteiger partial charge in [0.05, 0.1) is 18.8 Å². The number of ether oxygens (including phenoxy) is 1. The maximum atomic E-state index is 12.2. The molecule has 0 aliphatic rings. The SMILES string of the molecule is CC(C)OCCN(C)C(C)C(=O)c1ccccc1. The first-order valence-electron chi connectivity index (χ1n) is 6.43. The Morgan fingerprint density at radius 2 is 1.83 bits per heavy atom. The molecule has 0 aromatic heterocycles. The van der Waals surface area contributed by atoms with Crippen molar-refractivity contribution in [3.05, 3.63) is 35.9 Å². The van der Waals surface area contributed by atoms with Crippen LogP contribution in [-0.4, -0.2) is 43.0 Å². The van der Waals surface area contributed by atoms with Crippen molar-refractivity contribution in [3.63, 3.8) is 0 Å². The van der Waals surface area contributed by atoms with Gasteiger partial charge in [0.1, 0.15) is 0 Å². The Kier molecular flexibility index (Phi) is 6.02. The minimum absolute atomic E-state index is 0.122. The van der Waals surface area contributed by atoms with Crippen molar-refractivity contribution < 1.29 is 9.53 Å². The Bertz CT molecular complexity index is 362. The van der Waals surface area contributed by atoms with E-state index in [1.807, 2.05) is 63.1 Å². The van der Waals surface area contributed by atoms with Crippen LogP contribution in [0.1, 0.15) is 31.1 Å². The number of hydrogen-bond acceptors (Lipinski definition) is 3. The molecule has 3 nitrogen and oxygen atoms in total. The van der Waals surface area contributed by atoms with Gasteiger partial charge in [-0.05, 0) is 27.8 Å². The molecule has 0 fully saturated rings. The van der Waals surface area contributed by atoms with E-state index < -0.39 is 0 Å². The molecule has 0 saturated heterocycles. The highest BCUT2D eigenvalue weighted by atomic mass is 16.5. The molecule has 1 unspecified atom stereocenters. The predicted molar refractivity (Wildman–Crippen MR) is 74.0 cm³/mol. The zero-order chi connectivity index (χ0) is 13.5. The van der Waals surface area contributed by atoms with Gasteiger partial charge in [-0.15, -0.1) is 0 Å². The molecule has 1 atom stereocenters. The summed E-state index contributed by atoms with van der Waals surface area (Å²) in [6.07, 6.45) is 0.235. The Balaban J connectivity index is 2.48. The van der Waals surface area contributed by atoms with Crippen LogP contribution in [0.3, 0.4) is 0 Å². The van der Waals surface area contributed by atoms with Crippen molar-refractivity contribution in [1.29, 1.82) is 0 Å². The maximum Gasteiger partial charge on any atom is 0.179 e. The van der Waals surface area contributed by atoms with Crippen LogP contribution in [0.4, 0.5) is 0 Å². The summed E-state index contributed by atoms with van der Waals surface area (Å²) in [4.78, 5) is 14.2. The quantitative estimate of drug-likeness (QED) is 0.696. The second-order valence-corrected chi connectivity index (χ2v) is 4.81. The van der Waals surface area contributed by atoms with Gasteiger partial charge in [0, 0.05) is 12.1 Å². The molecule has 0 radical (unpaired) electrons. The van der Waals surface area contributed by atoms with Crippen molar-refractivity contribution in [1.82, 2.24) is 4.90 Å². The van der Waals surface area contributed by atoms with Gasteiger partial charge in [-0.3, -0.25) is 9.69 Å². The second-order valence-electron chi connectivity index (χ2n) is 4.81. The van der Waals surface area contributed by atoms with Crippen molar-refractivity contribution in [2.24, 2.45) is 0 Å². The largest absolute Gasteiger partial charge is 0.377 e. The minimum Gasteiger partial charge on any atom is -0.377 e. The minimum atomic E-state index is -0.122. The monoisotopic (exact) mass is 249 g/mol. The second kappa shape index (κ2) is 7.29. The van der Waals surface area contributed by atoms with E-state index >= 15 is 0 Å². The standard InChI is InChI=1S/C15H23NO2/c1-12(2)18-11-10-16(4)13(3)15(17)14-8-6-5-7-9-14/h5-9,12-13H,10-11H2,1-4H3. The molecule has 0 spiro atoms. The van der Waals surface area contributed by atoms with Gasteiger partial charge in [-0.25, -0.2) is 0 Å². The van der Waals surface area contributed by atoms with E-state index in [0.717, 1.165) is 12.1 Å². The van der Waals surface area contributed by atoms with Crippen molar-refractivity contribution >= 4 is 5.78 Å². The van der Waals surface area contributed by atoms with Crippen LogP contribution >= 0.6 is 0 Å². The summed E-state index contributed by atoms with van der Waals surface area (Å²) in [6, 6.07) is 9.29. The lowest BCUT2D eigenvalue weighted by Crippen LogP contribution is -2.38.